The topological polar surface area (TPSA) is 101 Å². The molecule has 0 aliphatic rings. The van der Waals surface area contributed by atoms with Crippen LogP contribution in [-0.4, -0.2) is 32.3 Å². The molecule has 3 N–H and O–H groups in total. The van der Waals surface area contributed by atoms with E-state index < -0.39 is 0 Å². The Labute approximate surface area is 182 Å². The van der Waals surface area contributed by atoms with Crippen molar-refractivity contribution < 1.29 is 4.74 Å². The van der Waals surface area contributed by atoms with E-state index in [1.54, 1.807) is 30.7 Å². The number of aryl methyl sites for hydroxylation is 1. The van der Waals surface area contributed by atoms with Gasteiger partial charge in [0.05, 0.1) is 22.9 Å². The molecule has 0 amide bonds. The molecule has 3 aromatic heterocycles. The molecule has 0 saturated carbocycles. The smallest absolute Gasteiger partial charge is 0.229 e. The molecule has 0 spiro atoms. The van der Waals surface area contributed by atoms with Crippen LogP contribution in [0, 0.1) is 6.92 Å². The number of ether oxygens (including phenoxy) is 1. The van der Waals surface area contributed by atoms with Gasteiger partial charge in [0.15, 0.2) is 5.82 Å². The number of nitrogens with one attached hydrogen (secondary N) is 3. The minimum Gasteiger partial charge on any atom is -0.496 e. The van der Waals surface area contributed by atoms with Gasteiger partial charge in [0.2, 0.25) is 5.95 Å². The number of hydrogen-bond acceptors (Lipinski definition) is 8. The lowest BCUT2D eigenvalue weighted by Gasteiger charge is -2.11. The highest BCUT2D eigenvalue weighted by Crippen LogP contribution is 2.37. The molecule has 0 radical (unpaired) electrons. The average Bonchev–Trinajstić information content (AvgIpc) is 3.39. The zero-order valence-corrected chi connectivity index (χ0v) is 17.7. The number of rotatable bonds is 6. The SMILES string of the molecule is COc1cc(Nc2nccc(Nc3cc(C)[nH]n3)n2)ccc1-c1nc2ccccc2s1. The van der Waals surface area contributed by atoms with Gasteiger partial charge in [0.1, 0.15) is 16.6 Å². The van der Waals surface area contributed by atoms with Crippen LogP contribution in [0.5, 0.6) is 5.75 Å². The maximum absolute atomic E-state index is 5.64. The second-order valence-electron chi connectivity index (χ2n) is 6.85. The van der Waals surface area contributed by atoms with Gasteiger partial charge in [-0.15, -0.1) is 11.3 Å². The van der Waals surface area contributed by atoms with Gasteiger partial charge in [0, 0.05) is 29.7 Å². The maximum Gasteiger partial charge on any atom is 0.229 e. The van der Waals surface area contributed by atoms with Crippen LogP contribution in [0.4, 0.5) is 23.3 Å². The summed E-state index contributed by atoms with van der Waals surface area (Å²) in [6.45, 7) is 1.94. The Balaban J connectivity index is 1.39. The van der Waals surface area contributed by atoms with Gasteiger partial charge >= 0.3 is 0 Å². The Morgan fingerprint density at radius 3 is 2.68 bits per heavy atom. The van der Waals surface area contributed by atoms with Crippen molar-refractivity contribution in [1.29, 1.82) is 0 Å². The number of para-hydroxylation sites is 1. The summed E-state index contributed by atoms with van der Waals surface area (Å²) in [5, 5.41) is 14.4. The molecule has 0 unspecified atom stereocenters. The van der Waals surface area contributed by atoms with E-state index >= 15 is 0 Å². The largest absolute Gasteiger partial charge is 0.496 e. The van der Waals surface area contributed by atoms with Crippen molar-refractivity contribution in [2.45, 2.75) is 6.92 Å². The maximum atomic E-state index is 5.64. The first kappa shape index (κ1) is 19.0. The summed E-state index contributed by atoms with van der Waals surface area (Å²) in [6, 6.07) is 17.7. The number of hydrogen-bond donors (Lipinski definition) is 3. The molecule has 8 nitrogen and oxygen atoms in total. The van der Waals surface area contributed by atoms with Gasteiger partial charge in [-0.25, -0.2) is 9.97 Å². The quantitative estimate of drug-likeness (QED) is 0.337. The van der Waals surface area contributed by atoms with Crippen molar-refractivity contribution in [3.05, 3.63) is 66.5 Å². The minimum absolute atomic E-state index is 0.465. The van der Waals surface area contributed by atoms with Crippen LogP contribution in [0.15, 0.2) is 60.8 Å². The lowest BCUT2D eigenvalue weighted by atomic mass is 10.2. The van der Waals surface area contributed by atoms with Gasteiger partial charge in [-0.2, -0.15) is 10.1 Å². The van der Waals surface area contributed by atoms with E-state index in [2.05, 4.69) is 36.9 Å². The average molecular weight is 430 g/mol. The fourth-order valence-corrected chi connectivity index (χ4v) is 4.16. The van der Waals surface area contributed by atoms with E-state index in [1.807, 2.05) is 49.4 Å². The highest BCUT2D eigenvalue weighted by atomic mass is 32.1. The summed E-state index contributed by atoms with van der Waals surface area (Å²) in [5.74, 6) is 2.53. The van der Waals surface area contributed by atoms with Crippen molar-refractivity contribution in [3.63, 3.8) is 0 Å². The van der Waals surface area contributed by atoms with Crippen LogP contribution >= 0.6 is 11.3 Å². The van der Waals surface area contributed by atoms with Crippen LogP contribution in [0.3, 0.4) is 0 Å². The highest BCUT2D eigenvalue weighted by molar-refractivity contribution is 7.21. The minimum atomic E-state index is 0.465. The van der Waals surface area contributed by atoms with Crippen molar-refractivity contribution in [2.75, 3.05) is 17.7 Å². The van der Waals surface area contributed by atoms with Gasteiger partial charge in [-0.05, 0) is 37.3 Å². The van der Waals surface area contributed by atoms with Crippen LogP contribution in [0.2, 0.25) is 0 Å². The fraction of sp³-hybridized carbons (Fsp3) is 0.0909. The highest BCUT2D eigenvalue weighted by Gasteiger charge is 2.13. The molecule has 0 saturated heterocycles. The van der Waals surface area contributed by atoms with Gasteiger partial charge in [-0.3, -0.25) is 5.10 Å². The van der Waals surface area contributed by atoms with E-state index in [0.29, 0.717) is 17.6 Å². The van der Waals surface area contributed by atoms with Crippen molar-refractivity contribution in [3.8, 4) is 16.3 Å². The lowest BCUT2D eigenvalue weighted by molar-refractivity contribution is 0.416. The molecule has 5 aromatic rings. The van der Waals surface area contributed by atoms with E-state index in [9.17, 15) is 0 Å². The van der Waals surface area contributed by atoms with Gasteiger partial charge in [0.25, 0.3) is 0 Å². The Hall–Kier alpha value is -3.98. The molecule has 0 aliphatic heterocycles. The number of nitrogens with zero attached hydrogens (tertiary/aromatic N) is 4. The summed E-state index contributed by atoms with van der Waals surface area (Å²) < 4.78 is 6.79. The monoisotopic (exact) mass is 429 g/mol. The predicted octanol–water partition coefficient (Wildman–Crippen LogP) is 5.28. The Kier molecular flexibility index (Phi) is 4.93. The first-order valence-electron chi connectivity index (χ1n) is 9.61. The summed E-state index contributed by atoms with van der Waals surface area (Å²) in [5.41, 5.74) is 3.71. The second-order valence-corrected chi connectivity index (χ2v) is 7.88. The van der Waals surface area contributed by atoms with Crippen LogP contribution in [-0.2, 0) is 0 Å². The van der Waals surface area contributed by atoms with Crippen LogP contribution in [0.1, 0.15) is 5.69 Å². The normalized spacial score (nSPS) is 10.9. The molecule has 5 rings (SSSR count). The molecule has 0 atom stereocenters. The molecule has 154 valence electrons. The van der Waals surface area contributed by atoms with Crippen molar-refractivity contribution in [2.24, 2.45) is 0 Å². The van der Waals surface area contributed by atoms with Gasteiger partial charge in [-0.1, -0.05) is 12.1 Å². The Morgan fingerprint density at radius 1 is 0.968 bits per heavy atom. The van der Waals surface area contributed by atoms with Gasteiger partial charge < -0.3 is 15.4 Å². The zero-order chi connectivity index (χ0) is 21.2. The number of H-pyrrole nitrogens is 1. The first-order valence-corrected chi connectivity index (χ1v) is 10.4. The zero-order valence-electron chi connectivity index (χ0n) is 16.9. The number of aromatic nitrogens is 5. The first-order chi connectivity index (χ1) is 15.2. The van der Waals surface area contributed by atoms with Crippen LogP contribution in [0.25, 0.3) is 20.8 Å². The summed E-state index contributed by atoms with van der Waals surface area (Å²) in [7, 11) is 1.66. The standard InChI is InChI=1S/C22H19N7OS/c1-13-11-20(29-28-13)26-19-9-10-23-22(27-19)24-14-7-8-15(17(12-14)30-2)21-25-16-5-3-4-6-18(16)31-21/h3-12H,1-2H3,(H3,23,24,26,27,28,29). The number of fused-ring (bicyclic) bond motifs is 1. The number of aromatic amines is 1. The Morgan fingerprint density at radius 2 is 1.87 bits per heavy atom. The Bertz CT molecular complexity index is 1330. The third-order valence-electron chi connectivity index (χ3n) is 4.60. The van der Waals surface area contributed by atoms with E-state index in [4.69, 9.17) is 9.72 Å². The third-order valence-corrected chi connectivity index (χ3v) is 5.67. The number of methoxy groups -OCH3 is 1. The predicted molar refractivity (Wildman–Crippen MR) is 124 cm³/mol. The molecule has 31 heavy (non-hydrogen) atoms. The second kappa shape index (κ2) is 8.04. The van der Waals surface area contributed by atoms with E-state index in [1.165, 1.54) is 0 Å². The lowest BCUT2D eigenvalue weighted by Crippen LogP contribution is -2.01. The number of benzene rings is 2. The summed E-state index contributed by atoms with van der Waals surface area (Å²) in [4.78, 5) is 13.5. The third kappa shape index (κ3) is 4.03. The number of anilines is 4. The molecular weight excluding hydrogens is 410 g/mol. The molecule has 2 aromatic carbocycles. The van der Waals surface area contributed by atoms with Crippen molar-refractivity contribution in [1.82, 2.24) is 25.1 Å². The molecule has 0 fully saturated rings. The van der Waals surface area contributed by atoms with Crippen LogP contribution < -0.4 is 15.4 Å². The summed E-state index contributed by atoms with van der Waals surface area (Å²) >= 11 is 1.64. The molecule has 3 heterocycles. The fourth-order valence-electron chi connectivity index (χ4n) is 3.16. The van der Waals surface area contributed by atoms with E-state index in [0.717, 1.165) is 37.9 Å². The molecule has 0 bridgehead atoms. The molecular formula is C22H19N7OS. The summed E-state index contributed by atoms with van der Waals surface area (Å²) in [6.07, 6.45) is 1.68. The molecule has 9 heteroatoms. The van der Waals surface area contributed by atoms with Crippen molar-refractivity contribution >= 4 is 44.8 Å². The van der Waals surface area contributed by atoms with E-state index in [-0.39, 0.29) is 0 Å². The number of thiazole rings is 1. The molecule has 0 aliphatic carbocycles.